The summed E-state index contributed by atoms with van der Waals surface area (Å²) in [5, 5.41) is 33.4. The first kappa shape index (κ1) is 39.8. The number of benzene rings is 2. The summed E-state index contributed by atoms with van der Waals surface area (Å²) < 4.78 is 18.0. The molecule has 3 N–H and O–H groups in total. The van der Waals surface area contributed by atoms with Gasteiger partial charge in [0.1, 0.15) is 21.7 Å². The zero-order valence-corrected chi connectivity index (χ0v) is 31.7. The molecular weight excluding hydrogens is 745 g/mol. The molecule has 0 aliphatic carbocycles. The first-order chi connectivity index (χ1) is 25.4. The Hall–Kier alpha value is -4.40. The fourth-order valence-electron chi connectivity index (χ4n) is 7.01. The number of carbonyl (C=O) groups excluding carboxylic acids is 2. The van der Waals surface area contributed by atoms with Crippen molar-refractivity contribution >= 4 is 52.9 Å². The fourth-order valence-corrected chi connectivity index (χ4v) is 8.61. The molecule has 282 valence electrons. The lowest BCUT2D eigenvalue weighted by atomic mass is 9.85. The van der Waals surface area contributed by atoms with Crippen LogP contribution < -0.4 is 24.6 Å². The van der Waals surface area contributed by atoms with Crippen molar-refractivity contribution in [2.75, 3.05) is 33.9 Å². The number of ether oxygens (including phenoxy) is 3. The number of nitrogens with zero attached hydrogens (tertiary/aromatic N) is 2. The number of carbonyl (C=O) groups is 3. The van der Waals surface area contributed by atoms with Crippen LogP contribution in [0.1, 0.15) is 62.5 Å². The first-order valence-electron chi connectivity index (χ1n) is 16.9. The monoisotopic (exact) mass is 785 g/mol. The van der Waals surface area contributed by atoms with Gasteiger partial charge in [-0.15, -0.1) is 11.3 Å². The van der Waals surface area contributed by atoms with Gasteiger partial charge in [0.05, 0.1) is 25.1 Å². The van der Waals surface area contributed by atoms with Crippen molar-refractivity contribution in [2.45, 2.75) is 50.3 Å². The van der Waals surface area contributed by atoms with Crippen LogP contribution in [0.3, 0.4) is 0 Å². The van der Waals surface area contributed by atoms with Gasteiger partial charge in [0.2, 0.25) is 12.4 Å². The molecule has 53 heavy (non-hydrogen) atoms. The summed E-state index contributed by atoms with van der Waals surface area (Å²) in [4.78, 5) is 38.1. The van der Waals surface area contributed by atoms with E-state index in [1.54, 1.807) is 19.1 Å². The Bertz CT molecular complexity index is 1900. The lowest BCUT2D eigenvalue weighted by molar-refractivity contribution is -0.904. The minimum Gasteiger partial charge on any atom is -0.544 e. The summed E-state index contributed by atoms with van der Waals surface area (Å²) in [5.74, 6) is -0.991. The molecule has 2 aromatic heterocycles. The van der Waals surface area contributed by atoms with E-state index in [0.29, 0.717) is 39.0 Å². The highest BCUT2D eigenvalue weighted by Crippen LogP contribution is 2.41. The minimum atomic E-state index is -1.34. The fraction of sp³-hybridized carbons (Fsp3) is 0.368. The molecule has 15 heteroatoms. The van der Waals surface area contributed by atoms with Crippen molar-refractivity contribution < 1.29 is 48.7 Å². The Kier molecular flexibility index (Phi) is 13.2. The van der Waals surface area contributed by atoms with E-state index in [1.165, 1.54) is 26.6 Å². The minimum absolute atomic E-state index is 0.0262. The number of esters is 1. The Balaban J connectivity index is 0.00000175. The third-order valence-electron chi connectivity index (χ3n) is 9.89. The molecule has 0 amide bonds. The van der Waals surface area contributed by atoms with Gasteiger partial charge in [0.25, 0.3) is 6.47 Å². The molecule has 0 spiro atoms. The quantitative estimate of drug-likeness (QED) is 0.0748. The van der Waals surface area contributed by atoms with E-state index in [9.17, 15) is 19.9 Å². The van der Waals surface area contributed by atoms with Gasteiger partial charge < -0.3 is 29.2 Å². The van der Waals surface area contributed by atoms with Crippen LogP contribution in [-0.2, 0) is 32.8 Å². The Labute approximate surface area is 321 Å². The number of methoxy groups -OCH3 is 2. The number of aromatic nitrogens is 1. The number of halogens is 2. The molecular formula is C38H41Cl2N3O9S. The maximum absolute atomic E-state index is 14.0. The van der Waals surface area contributed by atoms with Crippen LogP contribution in [0.5, 0.6) is 11.5 Å². The summed E-state index contributed by atoms with van der Waals surface area (Å²) in [7, 11) is 3.05. The van der Waals surface area contributed by atoms with Gasteiger partial charge in [0, 0.05) is 34.2 Å². The third kappa shape index (κ3) is 9.05. The maximum atomic E-state index is 14.0. The molecule has 4 aromatic rings. The van der Waals surface area contributed by atoms with Crippen LogP contribution in [0.15, 0.2) is 67.0 Å². The number of pyridine rings is 1. The number of aromatic carboxylic acids is 1. The van der Waals surface area contributed by atoms with E-state index in [2.05, 4.69) is 10.2 Å². The Morgan fingerprint density at radius 3 is 2.28 bits per heavy atom. The number of carboxylic acids is 1. The predicted molar refractivity (Wildman–Crippen MR) is 196 cm³/mol. The van der Waals surface area contributed by atoms with Crippen molar-refractivity contribution in [3.05, 3.63) is 109 Å². The molecule has 5 heterocycles. The average Bonchev–Trinajstić information content (AvgIpc) is 3.59. The zero-order valence-electron chi connectivity index (χ0n) is 29.4. The molecule has 2 bridgehead atoms. The molecule has 3 aliphatic heterocycles. The zero-order chi connectivity index (χ0) is 38.3. The van der Waals surface area contributed by atoms with E-state index in [4.69, 9.17) is 47.3 Å². The largest absolute Gasteiger partial charge is 0.544 e. The molecule has 12 nitrogen and oxygen atoms in total. The second kappa shape index (κ2) is 17.6. The SMILES string of the molecule is COc1ccc([C@H](Cc2c(Cl)c[n+](O)cc2Cl)c2cc(CNC(C)(C(=O)O[C@H]3CN4CCC3CC4)c3ccccc3)sc2C(=O)[O-])cc1OC.O=CO. The summed E-state index contributed by atoms with van der Waals surface area (Å²) in [6.45, 7) is 4.52. The lowest BCUT2D eigenvalue weighted by Gasteiger charge is -2.45. The number of fused-ring (bicyclic) bond motifs is 3. The highest BCUT2D eigenvalue weighted by molar-refractivity contribution is 7.14. The topological polar surface area (TPSA) is 162 Å². The van der Waals surface area contributed by atoms with Crippen LogP contribution in [-0.4, -0.2) is 73.6 Å². The number of nitrogens with one attached hydrogen (secondary N) is 1. The van der Waals surface area contributed by atoms with E-state index < -0.39 is 17.4 Å². The molecule has 7 rings (SSSR count). The van der Waals surface area contributed by atoms with Gasteiger partial charge in [-0.1, -0.05) is 59.6 Å². The maximum Gasteiger partial charge on any atom is 0.331 e. The predicted octanol–water partition coefficient (Wildman–Crippen LogP) is 4.68. The molecule has 3 saturated heterocycles. The van der Waals surface area contributed by atoms with Gasteiger partial charge >= 0.3 is 5.97 Å². The van der Waals surface area contributed by atoms with E-state index in [0.717, 1.165) is 54.1 Å². The molecule has 3 aliphatic rings. The normalized spacial score (nSPS) is 19.2. The van der Waals surface area contributed by atoms with Crippen LogP contribution in [0.25, 0.3) is 0 Å². The van der Waals surface area contributed by atoms with Crippen molar-refractivity contribution in [1.82, 2.24) is 10.2 Å². The molecule has 1 unspecified atom stereocenters. The average molecular weight is 787 g/mol. The van der Waals surface area contributed by atoms with Gasteiger partial charge in [-0.2, -0.15) is 0 Å². The smallest absolute Gasteiger partial charge is 0.331 e. The number of thiophene rings is 1. The summed E-state index contributed by atoms with van der Waals surface area (Å²) in [5.41, 5.74) is 1.22. The van der Waals surface area contributed by atoms with E-state index >= 15 is 0 Å². The summed E-state index contributed by atoms with van der Waals surface area (Å²) >= 11 is 14.2. The molecule has 3 atom stereocenters. The van der Waals surface area contributed by atoms with Gasteiger partial charge in [-0.3, -0.25) is 20.2 Å². The lowest BCUT2D eigenvalue weighted by Crippen LogP contribution is -2.55. The van der Waals surface area contributed by atoms with Crippen LogP contribution >= 0.6 is 34.5 Å². The number of carboxylic acid groups (broad SMARTS) is 2. The molecule has 2 aromatic carbocycles. The van der Waals surface area contributed by atoms with Gasteiger partial charge in [0.15, 0.2) is 11.5 Å². The standard InChI is InChI=1S/C37H39Cl2N3O7S.CH2O2/c1-37(24-7-5-4-6-8-24,36(45)49-33-21-41-13-11-22(33)12-14-41)40-18-25-16-27(34(50-25)35(43)44)26(17-28-29(38)19-42(46)20-30(28)39)23-9-10-31(47-2)32(15-23)48-3;2-1-3/h4-10,15-16,19-20,22,26,33,40H,11-14,17-18,21H2,1-3H3,(H-,43,44,46);1H,(H,2,3)/t26-,33-,37?;/m0./s1. The van der Waals surface area contributed by atoms with Gasteiger partial charge in [-0.25, -0.2) is 4.79 Å². The number of hydrogen-bond acceptors (Lipinski definition) is 11. The van der Waals surface area contributed by atoms with Crippen LogP contribution in [0.4, 0.5) is 0 Å². The van der Waals surface area contributed by atoms with Crippen LogP contribution in [0.2, 0.25) is 10.0 Å². The highest BCUT2D eigenvalue weighted by atomic mass is 35.5. The number of hydrogen-bond donors (Lipinski definition) is 3. The van der Waals surface area contributed by atoms with Crippen molar-refractivity contribution in [2.24, 2.45) is 5.92 Å². The third-order valence-corrected chi connectivity index (χ3v) is 11.7. The molecule has 0 saturated carbocycles. The number of rotatable bonds is 13. The summed E-state index contributed by atoms with van der Waals surface area (Å²) in [6.07, 6.45) is 4.67. The first-order valence-corrected chi connectivity index (χ1v) is 18.5. The van der Waals surface area contributed by atoms with Crippen LogP contribution in [0, 0.1) is 5.92 Å². The molecule has 3 fully saturated rings. The Morgan fingerprint density at radius 1 is 1.08 bits per heavy atom. The van der Waals surface area contributed by atoms with Crippen molar-refractivity contribution in [3.63, 3.8) is 0 Å². The Morgan fingerprint density at radius 2 is 1.72 bits per heavy atom. The van der Waals surface area contributed by atoms with E-state index in [-0.39, 0.29) is 46.4 Å². The summed E-state index contributed by atoms with van der Waals surface area (Å²) in [6, 6.07) is 16.6. The van der Waals surface area contributed by atoms with Crippen molar-refractivity contribution in [1.29, 1.82) is 0 Å². The second-order valence-electron chi connectivity index (χ2n) is 13.0. The second-order valence-corrected chi connectivity index (χ2v) is 15.0. The highest BCUT2D eigenvalue weighted by Gasteiger charge is 2.42. The van der Waals surface area contributed by atoms with Crippen molar-refractivity contribution in [3.8, 4) is 11.5 Å². The van der Waals surface area contributed by atoms with Gasteiger partial charge in [-0.05, 0) is 80.1 Å². The van der Waals surface area contributed by atoms with E-state index in [1.807, 2.05) is 42.5 Å². The number of piperidine rings is 3. The molecule has 0 radical (unpaired) electrons.